The molecule has 0 heterocycles. The van der Waals surface area contributed by atoms with Gasteiger partial charge in [-0.1, -0.05) is 78.9 Å². The van der Waals surface area contributed by atoms with Crippen LogP contribution in [0.15, 0.2) is 84.9 Å². The van der Waals surface area contributed by atoms with Crippen LogP contribution < -0.4 is 0 Å². The number of rotatable bonds is 1. The molecule has 2 heteroatoms. The average molecular weight is 392 g/mol. The molecular weight excluding hydrogens is 368 g/mol. The molecule has 148 valence electrons. The summed E-state index contributed by atoms with van der Waals surface area (Å²) in [4.78, 5) is 0. The van der Waals surface area contributed by atoms with Gasteiger partial charge in [0.05, 0.1) is 6.10 Å². The Morgan fingerprint density at radius 2 is 1.63 bits per heavy atom. The minimum Gasteiger partial charge on any atom is -0.508 e. The lowest BCUT2D eigenvalue weighted by Gasteiger charge is -2.26. The maximum atomic E-state index is 9.99. The first-order valence-electron chi connectivity index (χ1n) is 10.4. The maximum Gasteiger partial charge on any atom is 0.119 e. The van der Waals surface area contributed by atoms with Crippen LogP contribution in [0, 0.1) is 0 Å². The first-order chi connectivity index (χ1) is 14.6. The minimum absolute atomic E-state index is 0.385. The van der Waals surface area contributed by atoms with E-state index in [1.54, 1.807) is 6.92 Å². The molecule has 0 bridgehead atoms. The molecule has 0 aliphatic heterocycles. The Morgan fingerprint density at radius 3 is 2.47 bits per heavy atom. The highest BCUT2D eigenvalue weighted by atomic mass is 16.3. The van der Waals surface area contributed by atoms with Crippen molar-refractivity contribution in [3.05, 3.63) is 107 Å². The van der Waals surface area contributed by atoms with Crippen molar-refractivity contribution in [1.82, 2.24) is 0 Å². The van der Waals surface area contributed by atoms with Gasteiger partial charge in [-0.05, 0) is 63.7 Å². The fourth-order valence-electron chi connectivity index (χ4n) is 4.51. The third-order valence-electron chi connectivity index (χ3n) is 6.09. The molecule has 30 heavy (non-hydrogen) atoms. The number of aliphatic hydroxyl groups is 2. The van der Waals surface area contributed by atoms with Crippen LogP contribution in [0.1, 0.15) is 47.6 Å². The van der Waals surface area contributed by atoms with Gasteiger partial charge in [0.15, 0.2) is 0 Å². The number of hydrogen-bond acceptors (Lipinski definition) is 2. The van der Waals surface area contributed by atoms with Crippen LogP contribution in [-0.4, -0.2) is 10.2 Å². The quantitative estimate of drug-likeness (QED) is 0.361. The van der Waals surface area contributed by atoms with Crippen molar-refractivity contribution in [3.63, 3.8) is 0 Å². The van der Waals surface area contributed by atoms with Gasteiger partial charge in [0.2, 0.25) is 0 Å². The van der Waals surface area contributed by atoms with Gasteiger partial charge in [-0.15, -0.1) is 0 Å². The lowest BCUT2D eigenvalue weighted by atomic mass is 9.78. The van der Waals surface area contributed by atoms with Crippen molar-refractivity contribution in [3.8, 4) is 0 Å². The molecule has 0 saturated heterocycles. The van der Waals surface area contributed by atoms with Gasteiger partial charge in [0, 0.05) is 11.5 Å². The zero-order valence-corrected chi connectivity index (χ0v) is 16.9. The number of fused-ring (bicyclic) bond motifs is 1. The molecule has 2 unspecified atom stereocenters. The second kappa shape index (κ2) is 7.47. The Labute approximate surface area is 176 Å². The van der Waals surface area contributed by atoms with Crippen molar-refractivity contribution in [2.75, 3.05) is 0 Å². The molecule has 0 amide bonds. The predicted octanol–water partition coefficient (Wildman–Crippen LogP) is 7.15. The molecule has 0 aromatic heterocycles. The Balaban J connectivity index is 0.000000134. The van der Waals surface area contributed by atoms with Crippen LogP contribution in [0.5, 0.6) is 0 Å². The number of aliphatic hydroxyl groups excluding tert-OH is 2. The first kappa shape index (κ1) is 18.7. The van der Waals surface area contributed by atoms with E-state index in [1.165, 1.54) is 32.7 Å². The highest BCUT2D eigenvalue weighted by molar-refractivity contribution is 5.98. The summed E-state index contributed by atoms with van der Waals surface area (Å²) in [5.74, 6) is 0.864. The zero-order valence-electron chi connectivity index (χ0n) is 16.9. The van der Waals surface area contributed by atoms with Crippen LogP contribution in [-0.2, 0) is 0 Å². The topological polar surface area (TPSA) is 40.5 Å². The van der Waals surface area contributed by atoms with E-state index in [0.29, 0.717) is 11.7 Å². The lowest BCUT2D eigenvalue weighted by molar-refractivity contribution is 0.199. The maximum absolute atomic E-state index is 9.99. The number of allylic oxidation sites excluding steroid dienone is 2. The molecule has 2 N–H and O–H groups in total. The molecule has 2 atom stereocenters. The zero-order chi connectivity index (χ0) is 20.7. The van der Waals surface area contributed by atoms with Crippen LogP contribution >= 0.6 is 0 Å². The molecule has 4 aromatic carbocycles. The fraction of sp³-hybridized carbons (Fsp3) is 0.143. The van der Waals surface area contributed by atoms with Gasteiger partial charge in [-0.2, -0.15) is 0 Å². The van der Waals surface area contributed by atoms with Crippen LogP contribution in [0.3, 0.4) is 0 Å². The van der Waals surface area contributed by atoms with E-state index in [-0.39, 0.29) is 6.10 Å². The largest absolute Gasteiger partial charge is 0.508 e. The molecule has 2 aliphatic rings. The minimum atomic E-state index is -0.385. The van der Waals surface area contributed by atoms with E-state index < -0.39 is 0 Å². The van der Waals surface area contributed by atoms with E-state index in [9.17, 15) is 10.2 Å². The molecule has 0 radical (unpaired) electrons. The highest BCUT2D eigenvalue weighted by Crippen LogP contribution is 2.43. The third-order valence-corrected chi connectivity index (χ3v) is 6.09. The number of hydrogen-bond donors (Lipinski definition) is 2. The predicted molar refractivity (Wildman–Crippen MR) is 126 cm³/mol. The monoisotopic (exact) mass is 392 g/mol. The SMILES string of the molecule is CC(O)c1ccc2ccccc2c1.OC1=CCC2C=Cc3cccc4ccc1c2c34. The Morgan fingerprint density at radius 1 is 0.867 bits per heavy atom. The van der Waals surface area contributed by atoms with Crippen molar-refractivity contribution < 1.29 is 10.2 Å². The van der Waals surface area contributed by atoms with E-state index in [4.69, 9.17) is 0 Å². The molecule has 0 fully saturated rings. The van der Waals surface area contributed by atoms with Crippen LogP contribution in [0.25, 0.3) is 33.4 Å². The van der Waals surface area contributed by atoms with Gasteiger partial charge in [-0.25, -0.2) is 0 Å². The lowest BCUT2D eigenvalue weighted by Crippen LogP contribution is -2.08. The molecule has 2 nitrogen and oxygen atoms in total. The second-order valence-electron chi connectivity index (χ2n) is 8.05. The summed E-state index contributed by atoms with van der Waals surface area (Å²) in [5.41, 5.74) is 4.55. The fourth-order valence-corrected chi connectivity index (χ4v) is 4.51. The van der Waals surface area contributed by atoms with Crippen LogP contribution in [0.4, 0.5) is 0 Å². The first-order valence-corrected chi connectivity index (χ1v) is 10.4. The normalized spacial score (nSPS) is 17.3. The van der Waals surface area contributed by atoms with Crippen molar-refractivity contribution in [2.24, 2.45) is 0 Å². The van der Waals surface area contributed by atoms with Crippen molar-refractivity contribution >= 4 is 33.4 Å². The van der Waals surface area contributed by atoms with Gasteiger partial charge in [-0.3, -0.25) is 0 Å². The molecular formula is C28H24O2. The summed E-state index contributed by atoms with van der Waals surface area (Å²) in [5, 5.41) is 24.4. The second-order valence-corrected chi connectivity index (χ2v) is 8.05. The third kappa shape index (κ3) is 3.20. The van der Waals surface area contributed by atoms with Gasteiger partial charge < -0.3 is 10.2 Å². The molecule has 2 aliphatic carbocycles. The summed E-state index contributed by atoms with van der Waals surface area (Å²) in [6, 6.07) is 24.7. The summed E-state index contributed by atoms with van der Waals surface area (Å²) >= 11 is 0. The van der Waals surface area contributed by atoms with Crippen molar-refractivity contribution in [1.29, 1.82) is 0 Å². The molecule has 6 rings (SSSR count). The summed E-state index contributed by atoms with van der Waals surface area (Å²) < 4.78 is 0. The van der Waals surface area contributed by atoms with Gasteiger partial charge in [0.1, 0.15) is 5.76 Å². The molecule has 0 spiro atoms. The van der Waals surface area contributed by atoms with Gasteiger partial charge in [0.25, 0.3) is 0 Å². The Bertz CT molecular complexity index is 1310. The standard InChI is InChI=1S/C16H12O.C12H12O/c17-14-9-7-12-5-4-10-2-1-3-11-6-8-13(14)16(12)15(10)11;1-9(13)11-7-6-10-4-2-3-5-12(10)8-11/h1-6,8-9,12,17H,7H2;2-9,13H,1H3. The molecule has 4 aromatic rings. The summed E-state index contributed by atoms with van der Waals surface area (Å²) in [7, 11) is 0. The smallest absolute Gasteiger partial charge is 0.119 e. The van der Waals surface area contributed by atoms with E-state index in [1.807, 2.05) is 42.5 Å². The Hall–Kier alpha value is -3.36. The van der Waals surface area contributed by atoms with Crippen LogP contribution in [0.2, 0.25) is 0 Å². The number of benzene rings is 4. The van der Waals surface area contributed by atoms with E-state index >= 15 is 0 Å². The average Bonchev–Trinajstić information content (AvgIpc) is 2.79. The Kier molecular flexibility index (Phi) is 4.65. The van der Waals surface area contributed by atoms with Crippen molar-refractivity contribution in [2.45, 2.75) is 25.4 Å². The van der Waals surface area contributed by atoms with E-state index in [0.717, 1.165) is 17.5 Å². The van der Waals surface area contributed by atoms with E-state index in [2.05, 4.69) is 48.6 Å². The van der Waals surface area contributed by atoms with Gasteiger partial charge >= 0.3 is 0 Å². The summed E-state index contributed by atoms with van der Waals surface area (Å²) in [6.45, 7) is 1.78. The summed E-state index contributed by atoms with van der Waals surface area (Å²) in [6.07, 6.45) is 6.91. The highest BCUT2D eigenvalue weighted by Gasteiger charge is 2.25. The molecule has 0 saturated carbocycles.